The van der Waals surface area contributed by atoms with Crippen LogP contribution in [0.15, 0.2) is 18.2 Å². The van der Waals surface area contributed by atoms with Gasteiger partial charge >= 0.3 is 0 Å². The normalized spacial score (nSPS) is 17.4. The van der Waals surface area contributed by atoms with Crippen LogP contribution in [0.25, 0.3) is 0 Å². The summed E-state index contributed by atoms with van der Waals surface area (Å²) in [6.07, 6.45) is 2.54. The molecule has 1 aromatic rings. The first-order valence-electron chi connectivity index (χ1n) is 5.96. The zero-order valence-corrected chi connectivity index (χ0v) is 10.5. The number of hydrogen-bond acceptors (Lipinski definition) is 2. The monoisotopic (exact) mass is 238 g/mol. The van der Waals surface area contributed by atoms with Crippen LogP contribution in [-0.2, 0) is 0 Å². The molecule has 1 saturated heterocycles. The third-order valence-corrected chi connectivity index (χ3v) is 3.63. The van der Waals surface area contributed by atoms with Crippen molar-refractivity contribution in [3.05, 3.63) is 28.8 Å². The number of aryl methyl sites for hydroxylation is 1. The van der Waals surface area contributed by atoms with Crippen molar-refractivity contribution in [1.82, 2.24) is 5.32 Å². The third-order valence-electron chi connectivity index (χ3n) is 3.23. The van der Waals surface area contributed by atoms with Crippen molar-refractivity contribution in [2.75, 3.05) is 25.0 Å². The van der Waals surface area contributed by atoms with Gasteiger partial charge in [0, 0.05) is 17.3 Å². The smallest absolute Gasteiger partial charge is 0.0455 e. The zero-order valence-electron chi connectivity index (χ0n) is 9.72. The highest BCUT2D eigenvalue weighted by Gasteiger charge is 2.12. The molecule has 2 nitrogen and oxygen atoms in total. The Morgan fingerprint density at radius 3 is 2.81 bits per heavy atom. The molecular formula is C13H19ClN2. The molecule has 0 aliphatic carbocycles. The van der Waals surface area contributed by atoms with Crippen LogP contribution >= 0.6 is 11.6 Å². The van der Waals surface area contributed by atoms with E-state index < -0.39 is 0 Å². The van der Waals surface area contributed by atoms with Gasteiger partial charge in [-0.3, -0.25) is 0 Å². The Morgan fingerprint density at radius 2 is 2.12 bits per heavy atom. The standard InChI is InChI=1S/C13H19ClN2/c1-10-2-3-12(8-13(10)14)16-9-11-4-6-15-7-5-11/h2-3,8,11,15-16H,4-7,9H2,1H3. The van der Waals surface area contributed by atoms with Crippen molar-refractivity contribution in [3.63, 3.8) is 0 Å². The fourth-order valence-corrected chi connectivity index (χ4v) is 2.23. The summed E-state index contributed by atoms with van der Waals surface area (Å²) in [6.45, 7) is 5.39. The summed E-state index contributed by atoms with van der Waals surface area (Å²) >= 11 is 6.09. The minimum absolute atomic E-state index is 0.793. The minimum Gasteiger partial charge on any atom is -0.385 e. The first-order valence-corrected chi connectivity index (χ1v) is 6.34. The lowest BCUT2D eigenvalue weighted by Crippen LogP contribution is -2.31. The molecule has 3 heteroatoms. The van der Waals surface area contributed by atoms with Crippen LogP contribution in [0.2, 0.25) is 5.02 Å². The van der Waals surface area contributed by atoms with Crippen molar-refractivity contribution in [2.45, 2.75) is 19.8 Å². The summed E-state index contributed by atoms with van der Waals surface area (Å²) < 4.78 is 0. The average Bonchev–Trinajstić information content (AvgIpc) is 2.32. The molecule has 0 amide bonds. The van der Waals surface area contributed by atoms with E-state index in [0.29, 0.717) is 0 Å². The second kappa shape index (κ2) is 5.55. The van der Waals surface area contributed by atoms with Crippen LogP contribution in [0.5, 0.6) is 0 Å². The van der Waals surface area contributed by atoms with E-state index >= 15 is 0 Å². The number of nitrogens with one attached hydrogen (secondary N) is 2. The predicted octanol–water partition coefficient (Wildman–Crippen LogP) is 3.06. The lowest BCUT2D eigenvalue weighted by molar-refractivity contribution is 0.390. The Balaban J connectivity index is 1.86. The van der Waals surface area contributed by atoms with E-state index in [9.17, 15) is 0 Å². The largest absolute Gasteiger partial charge is 0.385 e. The zero-order chi connectivity index (χ0) is 11.4. The number of anilines is 1. The fourth-order valence-electron chi connectivity index (χ4n) is 2.05. The number of hydrogen-bond donors (Lipinski definition) is 2. The van der Waals surface area contributed by atoms with Gasteiger partial charge in [0.15, 0.2) is 0 Å². The Morgan fingerprint density at radius 1 is 1.38 bits per heavy atom. The molecule has 1 aliphatic rings. The molecule has 1 heterocycles. The molecule has 2 N–H and O–H groups in total. The first-order chi connectivity index (χ1) is 7.75. The average molecular weight is 239 g/mol. The SMILES string of the molecule is Cc1ccc(NCC2CCNCC2)cc1Cl. The molecule has 0 atom stereocenters. The van der Waals surface area contributed by atoms with Gasteiger partial charge < -0.3 is 10.6 Å². The maximum atomic E-state index is 6.09. The molecule has 88 valence electrons. The Labute approximate surface area is 102 Å². The van der Waals surface area contributed by atoms with E-state index in [1.54, 1.807) is 0 Å². The van der Waals surface area contributed by atoms with Crippen molar-refractivity contribution in [3.8, 4) is 0 Å². The van der Waals surface area contributed by atoms with Gasteiger partial charge in [0.25, 0.3) is 0 Å². The highest BCUT2D eigenvalue weighted by molar-refractivity contribution is 6.31. The molecule has 0 saturated carbocycles. The highest BCUT2D eigenvalue weighted by Crippen LogP contribution is 2.21. The fraction of sp³-hybridized carbons (Fsp3) is 0.538. The van der Waals surface area contributed by atoms with Crippen LogP contribution in [0.3, 0.4) is 0 Å². The van der Waals surface area contributed by atoms with Crippen LogP contribution in [0.1, 0.15) is 18.4 Å². The summed E-state index contributed by atoms with van der Waals surface area (Å²) in [5, 5.41) is 7.69. The molecule has 1 fully saturated rings. The van der Waals surface area contributed by atoms with Crippen LogP contribution < -0.4 is 10.6 Å². The summed E-state index contributed by atoms with van der Waals surface area (Å²) in [5.74, 6) is 0.793. The van der Waals surface area contributed by atoms with E-state index in [-0.39, 0.29) is 0 Å². The predicted molar refractivity (Wildman–Crippen MR) is 70.3 cm³/mol. The topological polar surface area (TPSA) is 24.1 Å². The van der Waals surface area contributed by atoms with E-state index in [1.807, 2.05) is 13.0 Å². The molecule has 1 aromatic carbocycles. The number of piperidine rings is 1. The van der Waals surface area contributed by atoms with Gasteiger partial charge in [-0.1, -0.05) is 17.7 Å². The molecule has 0 radical (unpaired) electrons. The van der Waals surface area contributed by atoms with E-state index in [4.69, 9.17) is 11.6 Å². The number of rotatable bonds is 3. The van der Waals surface area contributed by atoms with Gasteiger partial charge in [0.05, 0.1) is 0 Å². The molecule has 2 rings (SSSR count). The lowest BCUT2D eigenvalue weighted by Gasteiger charge is -2.23. The molecule has 0 unspecified atom stereocenters. The Bertz CT molecular complexity index is 346. The van der Waals surface area contributed by atoms with Crippen LogP contribution in [-0.4, -0.2) is 19.6 Å². The summed E-state index contributed by atoms with van der Waals surface area (Å²) in [7, 11) is 0. The Kier molecular flexibility index (Phi) is 4.08. The molecule has 0 spiro atoms. The van der Waals surface area contributed by atoms with Crippen molar-refractivity contribution < 1.29 is 0 Å². The second-order valence-corrected chi connectivity index (χ2v) is 4.95. The molecule has 0 bridgehead atoms. The van der Waals surface area contributed by atoms with Gasteiger partial charge in [-0.05, 0) is 56.5 Å². The van der Waals surface area contributed by atoms with E-state index in [1.165, 1.54) is 12.8 Å². The number of halogens is 1. The van der Waals surface area contributed by atoms with Gasteiger partial charge in [-0.2, -0.15) is 0 Å². The molecule has 1 aliphatic heterocycles. The van der Waals surface area contributed by atoms with Gasteiger partial charge in [0.2, 0.25) is 0 Å². The van der Waals surface area contributed by atoms with Crippen molar-refractivity contribution in [2.24, 2.45) is 5.92 Å². The lowest BCUT2D eigenvalue weighted by atomic mass is 9.98. The summed E-state index contributed by atoms with van der Waals surface area (Å²) in [5.41, 5.74) is 2.27. The quantitative estimate of drug-likeness (QED) is 0.846. The molecule has 16 heavy (non-hydrogen) atoms. The van der Waals surface area contributed by atoms with Gasteiger partial charge in [0.1, 0.15) is 0 Å². The summed E-state index contributed by atoms with van der Waals surface area (Å²) in [6, 6.07) is 6.17. The van der Waals surface area contributed by atoms with Crippen molar-refractivity contribution >= 4 is 17.3 Å². The minimum atomic E-state index is 0.793. The second-order valence-electron chi connectivity index (χ2n) is 4.54. The third kappa shape index (κ3) is 3.13. The van der Waals surface area contributed by atoms with Gasteiger partial charge in [-0.25, -0.2) is 0 Å². The maximum absolute atomic E-state index is 6.09. The van der Waals surface area contributed by atoms with Crippen LogP contribution in [0, 0.1) is 12.8 Å². The maximum Gasteiger partial charge on any atom is 0.0455 e. The van der Waals surface area contributed by atoms with Gasteiger partial charge in [-0.15, -0.1) is 0 Å². The Hall–Kier alpha value is -0.730. The first kappa shape index (κ1) is 11.7. The van der Waals surface area contributed by atoms with E-state index in [2.05, 4.69) is 22.8 Å². The van der Waals surface area contributed by atoms with E-state index in [0.717, 1.165) is 41.8 Å². The van der Waals surface area contributed by atoms with Crippen LogP contribution in [0.4, 0.5) is 5.69 Å². The molecule has 0 aromatic heterocycles. The van der Waals surface area contributed by atoms with Crippen molar-refractivity contribution in [1.29, 1.82) is 0 Å². The summed E-state index contributed by atoms with van der Waals surface area (Å²) in [4.78, 5) is 0. The number of benzene rings is 1. The highest BCUT2D eigenvalue weighted by atomic mass is 35.5. The molecular weight excluding hydrogens is 220 g/mol.